The van der Waals surface area contributed by atoms with Gasteiger partial charge in [-0.05, 0) is 6.42 Å². The Morgan fingerprint density at radius 1 is 1.25 bits per heavy atom. The second-order valence-corrected chi connectivity index (χ2v) is 6.94. The standard InChI is InChI=1S/C8H17N2OP/c1-3-8(2)12(11,9-4-5-9)10-6-7-10/h8H,3-7H2,1-2H3/t8-/m1/s1. The van der Waals surface area contributed by atoms with E-state index < -0.39 is 7.44 Å². The molecule has 0 aromatic rings. The monoisotopic (exact) mass is 188 g/mol. The van der Waals surface area contributed by atoms with E-state index in [2.05, 4.69) is 23.2 Å². The molecule has 2 rings (SSSR count). The largest absolute Gasteiger partial charge is 0.288 e. The molecule has 0 N–H and O–H groups in total. The minimum Gasteiger partial charge on any atom is -0.288 e. The molecule has 2 heterocycles. The van der Waals surface area contributed by atoms with Crippen LogP contribution in [0.15, 0.2) is 0 Å². The summed E-state index contributed by atoms with van der Waals surface area (Å²) < 4.78 is 16.8. The first-order chi connectivity index (χ1) is 5.69. The Bertz CT molecular complexity index is 207. The van der Waals surface area contributed by atoms with E-state index in [1.165, 1.54) is 0 Å². The van der Waals surface area contributed by atoms with Gasteiger partial charge < -0.3 is 0 Å². The van der Waals surface area contributed by atoms with Gasteiger partial charge in [0.05, 0.1) is 0 Å². The van der Waals surface area contributed by atoms with Crippen molar-refractivity contribution in [2.45, 2.75) is 25.9 Å². The number of hydrogen-bond acceptors (Lipinski definition) is 1. The SMILES string of the molecule is CC[C@@H](C)P(=O)(N1CC1)N1CC1. The highest BCUT2D eigenvalue weighted by atomic mass is 31.2. The fourth-order valence-electron chi connectivity index (χ4n) is 1.64. The molecule has 2 aliphatic rings. The lowest BCUT2D eigenvalue weighted by molar-refractivity contribution is 0.503. The van der Waals surface area contributed by atoms with Crippen LogP contribution in [-0.2, 0) is 4.57 Å². The van der Waals surface area contributed by atoms with Crippen molar-refractivity contribution in [1.29, 1.82) is 0 Å². The van der Waals surface area contributed by atoms with E-state index in [4.69, 9.17) is 0 Å². The first-order valence-corrected chi connectivity index (χ1v) is 6.48. The van der Waals surface area contributed by atoms with E-state index >= 15 is 0 Å². The van der Waals surface area contributed by atoms with E-state index in [-0.39, 0.29) is 0 Å². The molecule has 4 heteroatoms. The van der Waals surface area contributed by atoms with E-state index in [0.717, 1.165) is 32.6 Å². The van der Waals surface area contributed by atoms with Crippen molar-refractivity contribution >= 4 is 7.44 Å². The lowest BCUT2D eigenvalue weighted by Gasteiger charge is -2.25. The average molecular weight is 188 g/mol. The fourth-order valence-corrected chi connectivity index (χ4v) is 4.91. The summed E-state index contributed by atoms with van der Waals surface area (Å²) >= 11 is 0. The van der Waals surface area contributed by atoms with Crippen LogP contribution >= 0.6 is 7.44 Å². The number of nitrogens with zero attached hydrogens (tertiary/aromatic N) is 2. The molecule has 0 aromatic heterocycles. The van der Waals surface area contributed by atoms with Gasteiger partial charge in [0.15, 0.2) is 0 Å². The van der Waals surface area contributed by atoms with E-state index in [9.17, 15) is 4.57 Å². The van der Waals surface area contributed by atoms with E-state index in [0.29, 0.717) is 5.66 Å². The normalized spacial score (nSPS) is 27.2. The molecule has 0 aliphatic carbocycles. The molecule has 0 amide bonds. The third-order valence-corrected chi connectivity index (χ3v) is 6.76. The van der Waals surface area contributed by atoms with Crippen molar-refractivity contribution in [3.8, 4) is 0 Å². The minimum absolute atomic E-state index is 0.363. The molecule has 2 saturated heterocycles. The summed E-state index contributed by atoms with van der Waals surface area (Å²) in [5, 5.41) is 0. The summed E-state index contributed by atoms with van der Waals surface area (Å²) in [6, 6.07) is 0. The van der Waals surface area contributed by atoms with Gasteiger partial charge in [0, 0.05) is 31.8 Å². The van der Waals surface area contributed by atoms with Gasteiger partial charge in [-0.1, -0.05) is 13.8 Å². The average Bonchev–Trinajstić information content (AvgIpc) is 2.91. The molecular formula is C8H17N2OP. The maximum atomic E-state index is 12.5. The van der Waals surface area contributed by atoms with Crippen molar-refractivity contribution in [3.05, 3.63) is 0 Å². The lowest BCUT2D eigenvalue weighted by atomic mass is 10.4. The third kappa shape index (κ3) is 1.24. The van der Waals surface area contributed by atoms with Gasteiger partial charge in [0.1, 0.15) is 0 Å². The number of rotatable bonds is 4. The summed E-state index contributed by atoms with van der Waals surface area (Å²) in [4.78, 5) is 0. The van der Waals surface area contributed by atoms with Crippen LogP contribution in [0.5, 0.6) is 0 Å². The maximum Gasteiger partial charge on any atom is 0.219 e. The number of hydrogen-bond donors (Lipinski definition) is 0. The molecule has 12 heavy (non-hydrogen) atoms. The van der Waals surface area contributed by atoms with E-state index in [1.807, 2.05) is 0 Å². The second-order valence-electron chi connectivity index (χ2n) is 3.75. The molecule has 0 saturated carbocycles. The van der Waals surface area contributed by atoms with Crippen LogP contribution in [0.25, 0.3) is 0 Å². The smallest absolute Gasteiger partial charge is 0.219 e. The van der Waals surface area contributed by atoms with E-state index in [1.54, 1.807) is 0 Å². The van der Waals surface area contributed by atoms with Gasteiger partial charge in [-0.25, -0.2) is 9.34 Å². The molecular weight excluding hydrogens is 171 g/mol. The zero-order valence-electron chi connectivity index (χ0n) is 7.86. The maximum absolute atomic E-state index is 12.5. The molecule has 0 aromatic carbocycles. The highest BCUT2D eigenvalue weighted by Gasteiger charge is 2.50. The topological polar surface area (TPSA) is 23.1 Å². The Kier molecular flexibility index (Phi) is 2.06. The van der Waals surface area contributed by atoms with Gasteiger partial charge in [-0.3, -0.25) is 4.57 Å². The van der Waals surface area contributed by atoms with Crippen LogP contribution in [0.2, 0.25) is 0 Å². The minimum atomic E-state index is -2.07. The zero-order chi connectivity index (χ0) is 8.77. The van der Waals surface area contributed by atoms with Crippen LogP contribution in [0.4, 0.5) is 0 Å². The summed E-state index contributed by atoms with van der Waals surface area (Å²) in [7, 11) is -2.07. The van der Waals surface area contributed by atoms with Crippen LogP contribution < -0.4 is 0 Å². The van der Waals surface area contributed by atoms with Gasteiger partial charge in [-0.2, -0.15) is 0 Å². The Morgan fingerprint density at radius 3 is 1.92 bits per heavy atom. The molecule has 1 atom stereocenters. The summed E-state index contributed by atoms with van der Waals surface area (Å²) in [6.07, 6.45) is 1.03. The van der Waals surface area contributed by atoms with Gasteiger partial charge in [0.2, 0.25) is 7.44 Å². The van der Waals surface area contributed by atoms with Crippen LogP contribution in [-0.4, -0.2) is 41.2 Å². The Hall–Kier alpha value is 0.150. The fraction of sp³-hybridized carbons (Fsp3) is 1.00. The van der Waals surface area contributed by atoms with Crippen molar-refractivity contribution in [3.63, 3.8) is 0 Å². The van der Waals surface area contributed by atoms with Gasteiger partial charge >= 0.3 is 0 Å². The van der Waals surface area contributed by atoms with Crippen molar-refractivity contribution < 1.29 is 4.57 Å². The van der Waals surface area contributed by atoms with Crippen LogP contribution in [0.3, 0.4) is 0 Å². The molecule has 0 radical (unpaired) electrons. The van der Waals surface area contributed by atoms with Gasteiger partial charge in [-0.15, -0.1) is 0 Å². The second kappa shape index (κ2) is 2.83. The molecule has 0 bridgehead atoms. The molecule has 70 valence electrons. The quantitative estimate of drug-likeness (QED) is 0.494. The Balaban J connectivity index is 2.14. The highest BCUT2D eigenvalue weighted by molar-refractivity contribution is 7.60. The van der Waals surface area contributed by atoms with Gasteiger partial charge in [0.25, 0.3) is 0 Å². The van der Waals surface area contributed by atoms with Crippen molar-refractivity contribution in [2.75, 3.05) is 26.2 Å². The molecule has 0 unspecified atom stereocenters. The molecule has 0 spiro atoms. The molecule has 2 aliphatic heterocycles. The predicted octanol–water partition coefficient (Wildman–Crippen LogP) is 1.61. The Labute approximate surface area is 74.2 Å². The molecule has 2 fully saturated rings. The summed E-state index contributed by atoms with van der Waals surface area (Å²) in [6.45, 7) is 8.47. The van der Waals surface area contributed by atoms with Crippen molar-refractivity contribution in [1.82, 2.24) is 9.34 Å². The predicted molar refractivity (Wildman–Crippen MR) is 50.5 cm³/mol. The summed E-state index contributed by atoms with van der Waals surface area (Å²) in [5.41, 5.74) is 0.363. The summed E-state index contributed by atoms with van der Waals surface area (Å²) in [5.74, 6) is 0. The third-order valence-electron chi connectivity index (χ3n) is 2.82. The van der Waals surface area contributed by atoms with Crippen molar-refractivity contribution in [2.24, 2.45) is 0 Å². The zero-order valence-corrected chi connectivity index (χ0v) is 8.76. The first-order valence-electron chi connectivity index (χ1n) is 4.80. The Morgan fingerprint density at radius 2 is 1.67 bits per heavy atom. The lowest BCUT2D eigenvalue weighted by Crippen LogP contribution is -2.15. The molecule has 3 nitrogen and oxygen atoms in total. The van der Waals surface area contributed by atoms with Crippen LogP contribution in [0, 0.1) is 0 Å². The first kappa shape index (κ1) is 8.74. The highest BCUT2D eigenvalue weighted by Crippen LogP contribution is 2.64. The van der Waals surface area contributed by atoms with Crippen LogP contribution in [0.1, 0.15) is 20.3 Å².